The Balaban J connectivity index is 1.82. The molecule has 1 amide bonds. The molecule has 3 aromatic rings. The average Bonchev–Trinajstić information content (AvgIpc) is 3.42. The fourth-order valence-electron chi connectivity index (χ4n) is 3.14. The van der Waals surface area contributed by atoms with Crippen LogP contribution in [0.5, 0.6) is 17.2 Å². The van der Waals surface area contributed by atoms with Crippen LogP contribution in [0.25, 0.3) is 6.08 Å². The number of benzene rings is 2. The molecule has 0 fully saturated rings. The SMILES string of the molecule is COc1cc(/C=C2\N=C(c3ccccc3)N(c3nccs3)C2=O)cc(OC)c1OC. The summed E-state index contributed by atoms with van der Waals surface area (Å²) in [5.41, 5.74) is 1.82. The average molecular weight is 421 g/mol. The zero-order valence-corrected chi connectivity index (χ0v) is 17.5. The number of anilines is 1. The summed E-state index contributed by atoms with van der Waals surface area (Å²) in [6, 6.07) is 13.1. The minimum atomic E-state index is -0.252. The van der Waals surface area contributed by atoms with Crippen molar-refractivity contribution in [3.8, 4) is 17.2 Å². The number of carbonyl (C=O) groups excluding carboxylic acids is 1. The summed E-state index contributed by atoms with van der Waals surface area (Å²) >= 11 is 1.38. The van der Waals surface area contributed by atoms with Gasteiger partial charge in [0, 0.05) is 17.1 Å². The first-order valence-electron chi connectivity index (χ1n) is 9.06. The van der Waals surface area contributed by atoms with Gasteiger partial charge in [0.1, 0.15) is 11.5 Å². The fraction of sp³-hybridized carbons (Fsp3) is 0.136. The molecule has 0 saturated carbocycles. The lowest BCUT2D eigenvalue weighted by molar-refractivity contribution is -0.113. The van der Waals surface area contributed by atoms with E-state index in [9.17, 15) is 4.79 Å². The highest BCUT2D eigenvalue weighted by atomic mass is 32.1. The van der Waals surface area contributed by atoms with E-state index in [0.29, 0.717) is 39.5 Å². The van der Waals surface area contributed by atoms with Crippen LogP contribution in [0.2, 0.25) is 0 Å². The van der Waals surface area contributed by atoms with E-state index in [2.05, 4.69) is 9.98 Å². The van der Waals surface area contributed by atoms with Crippen molar-refractivity contribution >= 4 is 34.3 Å². The normalized spacial score (nSPS) is 14.8. The Morgan fingerprint density at radius 3 is 2.27 bits per heavy atom. The number of thiazole rings is 1. The number of methoxy groups -OCH3 is 3. The number of aromatic nitrogens is 1. The van der Waals surface area contributed by atoms with Gasteiger partial charge in [0.05, 0.1) is 21.3 Å². The van der Waals surface area contributed by atoms with Gasteiger partial charge in [-0.05, 0) is 23.8 Å². The van der Waals surface area contributed by atoms with Crippen LogP contribution >= 0.6 is 11.3 Å². The minimum absolute atomic E-state index is 0.252. The van der Waals surface area contributed by atoms with Gasteiger partial charge in [-0.3, -0.25) is 4.79 Å². The molecule has 8 heteroatoms. The highest BCUT2D eigenvalue weighted by molar-refractivity contribution is 7.14. The second-order valence-corrected chi connectivity index (χ2v) is 7.12. The highest BCUT2D eigenvalue weighted by Gasteiger charge is 2.34. The van der Waals surface area contributed by atoms with Gasteiger partial charge in [-0.15, -0.1) is 11.3 Å². The van der Waals surface area contributed by atoms with E-state index in [1.807, 2.05) is 35.7 Å². The maximum Gasteiger partial charge on any atom is 0.284 e. The third-order valence-corrected chi connectivity index (χ3v) is 5.25. The molecule has 1 aliphatic rings. The molecule has 0 saturated heterocycles. The van der Waals surface area contributed by atoms with Crippen LogP contribution < -0.4 is 19.1 Å². The number of hydrogen-bond donors (Lipinski definition) is 0. The van der Waals surface area contributed by atoms with Crippen molar-refractivity contribution in [1.82, 2.24) is 4.98 Å². The Morgan fingerprint density at radius 1 is 1.00 bits per heavy atom. The first-order chi connectivity index (χ1) is 14.7. The molecule has 152 valence electrons. The summed E-state index contributed by atoms with van der Waals surface area (Å²) in [6.07, 6.45) is 3.36. The zero-order valence-electron chi connectivity index (χ0n) is 16.7. The van der Waals surface area contributed by atoms with Gasteiger partial charge in [-0.2, -0.15) is 0 Å². The third-order valence-electron chi connectivity index (χ3n) is 4.49. The molecule has 0 radical (unpaired) electrons. The van der Waals surface area contributed by atoms with Gasteiger partial charge in [0.15, 0.2) is 16.6 Å². The number of amides is 1. The smallest absolute Gasteiger partial charge is 0.284 e. The largest absolute Gasteiger partial charge is 0.493 e. The molecule has 1 aliphatic heterocycles. The highest BCUT2D eigenvalue weighted by Crippen LogP contribution is 2.39. The monoisotopic (exact) mass is 421 g/mol. The molecule has 2 heterocycles. The number of nitrogens with zero attached hydrogens (tertiary/aromatic N) is 3. The molecule has 30 heavy (non-hydrogen) atoms. The molecule has 0 atom stereocenters. The first kappa shape index (κ1) is 19.7. The van der Waals surface area contributed by atoms with E-state index in [1.54, 1.807) is 45.7 Å². The second-order valence-electron chi connectivity index (χ2n) is 6.24. The zero-order chi connectivity index (χ0) is 21.1. The number of rotatable bonds is 6. The van der Waals surface area contributed by atoms with Crippen molar-refractivity contribution in [1.29, 1.82) is 0 Å². The lowest BCUT2D eigenvalue weighted by atomic mass is 10.1. The summed E-state index contributed by atoms with van der Waals surface area (Å²) in [6.45, 7) is 0. The molecular formula is C22H19N3O4S. The van der Waals surface area contributed by atoms with Crippen LogP contribution in [-0.2, 0) is 4.79 Å². The van der Waals surface area contributed by atoms with Crippen LogP contribution in [0, 0.1) is 0 Å². The maximum atomic E-state index is 13.2. The summed E-state index contributed by atoms with van der Waals surface area (Å²) in [7, 11) is 4.64. The van der Waals surface area contributed by atoms with Crippen molar-refractivity contribution in [2.24, 2.45) is 4.99 Å². The molecule has 0 bridgehead atoms. The molecule has 1 aromatic heterocycles. The fourth-order valence-corrected chi connectivity index (χ4v) is 3.78. The van der Waals surface area contributed by atoms with E-state index in [1.165, 1.54) is 16.2 Å². The van der Waals surface area contributed by atoms with Gasteiger partial charge in [0.2, 0.25) is 5.75 Å². The quantitative estimate of drug-likeness (QED) is 0.563. The number of amidine groups is 1. The Labute approximate surface area is 177 Å². The van der Waals surface area contributed by atoms with Gasteiger partial charge < -0.3 is 14.2 Å². The van der Waals surface area contributed by atoms with Crippen molar-refractivity contribution in [2.75, 3.05) is 26.2 Å². The predicted octanol–water partition coefficient (Wildman–Crippen LogP) is 4.00. The Morgan fingerprint density at radius 2 is 1.70 bits per heavy atom. The van der Waals surface area contributed by atoms with Gasteiger partial charge >= 0.3 is 0 Å². The number of hydrogen-bond acceptors (Lipinski definition) is 7. The third kappa shape index (κ3) is 3.53. The lowest BCUT2D eigenvalue weighted by Gasteiger charge is -2.15. The van der Waals surface area contributed by atoms with Gasteiger partial charge in [0.25, 0.3) is 5.91 Å². The molecular weight excluding hydrogens is 402 g/mol. The Hall–Kier alpha value is -3.65. The second kappa shape index (κ2) is 8.38. The van der Waals surface area contributed by atoms with Crippen molar-refractivity contribution < 1.29 is 19.0 Å². The lowest BCUT2D eigenvalue weighted by Crippen LogP contribution is -2.32. The molecule has 0 aliphatic carbocycles. The van der Waals surface area contributed by atoms with Crippen LogP contribution in [0.1, 0.15) is 11.1 Å². The standard InChI is InChI=1S/C22H19N3O4S/c1-27-17-12-14(13-18(28-2)19(17)29-3)11-16-21(26)25(22-23-9-10-30-22)20(24-16)15-7-5-4-6-8-15/h4-13H,1-3H3/b16-11-. The van der Waals surface area contributed by atoms with E-state index < -0.39 is 0 Å². The van der Waals surface area contributed by atoms with Crippen LogP contribution in [0.3, 0.4) is 0 Å². The molecule has 4 rings (SSSR count). The van der Waals surface area contributed by atoms with E-state index in [4.69, 9.17) is 14.2 Å². The number of ether oxygens (including phenoxy) is 3. The molecule has 0 N–H and O–H groups in total. The Bertz CT molecular complexity index is 1100. The van der Waals surface area contributed by atoms with Crippen molar-refractivity contribution in [3.05, 3.63) is 70.9 Å². The van der Waals surface area contributed by atoms with Crippen LogP contribution in [-0.4, -0.2) is 38.1 Å². The first-order valence-corrected chi connectivity index (χ1v) is 9.94. The molecule has 2 aromatic carbocycles. The van der Waals surface area contributed by atoms with Crippen LogP contribution in [0.15, 0.2) is 64.7 Å². The van der Waals surface area contributed by atoms with E-state index >= 15 is 0 Å². The molecule has 7 nitrogen and oxygen atoms in total. The summed E-state index contributed by atoms with van der Waals surface area (Å²) < 4.78 is 16.2. The summed E-state index contributed by atoms with van der Waals surface area (Å²) in [5, 5.41) is 2.39. The number of carbonyl (C=O) groups is 1. The predicted molar refractivity (Wildman–Crippen MR) is 117 cm³/mol. The number of aliphatic imine (C=N–C) groups is 1. The molecule has 0 unspecified atom stereocenters. The van der Waals surface area contributed by atoms with Crippen LogP contribution in [0.4, 0.5) is 5.13 Å². The van der Waals surface area contributed by atoms with Crippen molar-refractivity contribution in [2.45, 2.75) is 0 Å². The maximum absolute atomic E-state index is 13.2. The topological polar surface area (TPSA) is 73.2 Å². The summed E-state index contributed by atoms with van der Waals surface area (Å²) in [4.78, 5) is 23.7. The van der Waals surface area contributed by atoms with E-state index in [-0.39, 0.29) is 5.91 Å². The van der Waals surface area contributed by atoms with Gasteiger partial charge in [-0.25, -0.2) is 14.9 Å². The van der Waals surface area contributed by atoms with Gasteiger partial charge in [-0.1, -0.05) is 30.3 Å². The van der Waals surface area contributed by atoms with Crippen molar-refractivity contribution in [3.63, 3.8) is 0 Å². The Kier molecular flexibility index (Phi) is 5.49. The summed E-state index contributed by atoms with van der Waals surface area (Å²) in [5.74, 6) is 1.76. The molecule has 0 spiro atoms. The van der Waals surface area contributed by atoms with E-state index in [0.717, 1.165) is 5.56 Å². The minimum Gasteiger partial charge on any atom is -0.493 e.